The number of benzene rings is 2. The maximum absolute atomic E-state index is 13.0. The molecule has 0 radical (unpaired) electrons. The third kappa shape index (κ3) is 5.07. The molecule has 0 saturated carbocycles. The van der Waals surface area contributed by atoms with Crippen molar-refractivity contribution in [3.8, 4) is 11.3 Å². The lowest BCUT2D eigenvalue weighted by molar-refractivity contribution is -0.384. The Bertz CT molecular complexity index is 1150. The van der Waals surface area contributed by atoms with Crippen LogP contribution < -0.4 is 15.5 Å². The summed E-state index contributed by atoms with van der Waals surface area (Å²) < 4.78 is 5.36. The Kier molecular flexibility index (Phi) is 6.69. The minimum atomic E-state index is -0.535. The molecule has 32 heavy (non-hydrogen) atoms. The summed E-state index contributed by atoms with van der Waals surface area (Å²) in [5.74, 6) is -0.535. The van der Waals surface area contributed by atoms with Gasteiger partial charge >= 0.3 is 0 Å². The van der Waals surface area contributed by atoms with Gasteiger partial charge in [0.2, 0.25) is 0 Å². The molecule has 3 aromatic rings. The number of nitrogens with one attached hydrogen (secondary N) is 2. The topological polar surface area (TPSA) is 110 Å². The number of ether oxygens (including phenoxy) is 1. The molecular weight excluding hydrogens is 450 g/mol. The second-order valence-electron chi connectivity index (χ2n) is 6.87. The van der Waals surface area contributed by atoms with E-state index >= 15 is 0 Å². The molecule has 2 aromatic carbocycles. The molecule has 1 aliphatic rings. The Morgan fingerprint density at radius 2 is 1.94 bits per heavy atom. The summed E-state index contributed by atoms with van der Waals surface area (Å²) in [7, 11) is 0. The first kappa shape index (κ1) is 21.8. The molecule has 0 aliphatic carbocycles. The summed E-state index contributed by atoms with van der Waals surface area (Å²) in [6.07, 6.45) is 0. The maximum atomic E-state index is 13.0. The van der Waals surface area contributed by atoms with E-state index in [1.54, 1.807) is 6.07 Å². The Morgan fingerprint density at radius 3 is 2.66 bits per heavy atom. The Balaban J connectivity index is 1.49. The molecule has 2 heterocycles. The summed E-state index contributed by atoms with van der Waals surface area (Å²) in [6.45, 7) is 2.21. The SMILES string of the molecule is O=C(NC(=S)Nc1nc(-c2ccccc2)cs1)c1cc([N+](=O)[O-])ccc1N1CCOCC1. The van der Waals surface area contributed by atoms with Gasteiger partial charge in [-0.2, -0.15) is 0 Å². The van der Waals surface area contributed by atoms with E-state index in [-0.39, 0.29) is 16.4 Å². The number of thiocarbonyl (C=S) groups is 1. The summed E-state index contributed by atoms with van der Waals surface area (Å²) in [5, 5.41) is 19.2. The average Bonchev–Trinajstić information content (AvgIpc) is 3.28. The monoisotopic (exact) mass is 469 g/mol. The molecule has 0 bridgehead atoms. The second-order valence-corrected chi connectivity index (χ2v) is 8.14. The van der Waals surface area contributed by atoms with E-state index in [4.69, 9.17) is 17.0 Å². The van der Waals surface area contributed by atoms with E-state index in [0.717, 1.165) is 11.3 Å². The Labute approximate surface area is 193 Å². The number of anilines is 2. The Morgan fingerprint density at radius 1 is 1.19 bits per heavy atom. The number of carbonyl (C=O) groups excluding carboxylic acids is 1. The van der Waals surface area contributed by atoms with Gasteiger partial charge in [-0.15, -0.1) is 11.3 Å². The predicted octanol–water partition coefficient (Wildman–Crippen LogP) is 3.68. The van der Waals surface area contributed by atoms with Gasteiger partial charge in [0, 0.05) is 36.2 Å². The highest BCUT2D eigenvalue weighted by Gasteiger charge is 2.23. The number of non-ortho nitro benzene ring substituents is 1. The number of nitro benzene ring substituents is 1. The maximum Gasteiger partial charge on any atom is 0.270 e. The van der Waals surface area contributed by atoms with Gasteiger partial charge < -0.3 is 15.0 Å². The largest absolute Gasteiger partial charge is 0.378 e. The lowest BCUT2D eigenvalue weighted by atomic mass is 10.1. The van der Waals surface area contributed by atoms with Gasteiger partial charge in [-0.05, 0) is 18.3 Å². The number of morpholine rings is 1. The van der Waals surface area contributed by atoms with Gasteiger partial charge in [0.25, 0.3) is 11.6 Å². The first-order valence-electron chi connectivity index (χ1n) is 9.75. The van der Waals surface area contributed by atoms with Gasteiger partial charge in [0.05, 0.1) is 35.1 Å². The van der Waals surface area contributed by atoms with Gasteiger partial charge in [-0.3, -0.25) is 20.2 Å². The smallest absolute Gasteiger partial charge is 0.270 e. The van der Waals surface area contributed by atoms with Crippen LogP contribution >= 0.6 is 23.6 Å². The van der Waals surface area contributed by atoms with E-state index in [2.05, 4.69) is 15.6 Å². The third-order valence-electron chi connectivity index (χ3n) is 4.81. The van der Waals surface area contributed by atoms with Crippen LogP contribution in [0.1, 0.15) is 10.4 Å². The van der Waals surface area contributed by atoms with Crippen LogP contribution in [0.4, 0.5) is 16.5 Å². The van der Waals surface area contributed by atoms with Crippen LogP contribution in [-0.4, -0.2) is 47.2 Å². The first-order chi connectivity index (χ1) is 15.5. The highest BCUT2D eigenvalue weighted by atomic mass is 32.1. The molecular formula is C21H19N5O4S2. The average molecular weight is 470 g/mol. The Hall–Kier alpha value is -3.41. The van der Waals surface area contributed by atoms with E-state index in [0.29, 0.717) is 37.1 Å². The number of hydrogen-bond acceptors (Lipinski definition) is 8. The fraction of sp³-hybridized carbons (Fsp3) is 0.190. The number of carbonyl (C=O) groups is 1. The van der Waals surface area contributed by atoms with E-state index in [1.165, 1.54) is 23.5 Å². The summed E-state index contributed by atoms with van der Waals surface area (Å²) in [5.41, 5.74) is 2.37. The van der Waals surface area contributed by atoms with E-state index in [1.807, 2.05) is 40.6 Å². The molecule has 1 fully saturated rings. The van der Waals surface area contributed by atoms with Gasteiger partial charge in [-0.1, -0.05) is 30.3 Å². The van der Waals surface area contributed by atoms with Gasteiger partial charge in [-0.25, -0.2) is 4.98 Å². The first-order valence-corrected chi connectivity index (χ1v) is 11.0. The molecule has 11 heteroatoms. The highest BCUT2D eigenvalue weighted by molar-refractivity contribution is 7.80. The van der Waals surface area contributed by atoms with E-state index < -0.39 is 10.8 Å². The van der Waals surface area contributed by atoms with Crippen molar-refractivity contribution in [2.45, 2.75) is 0 Å². The molecule has 1 aromatic heterocycles. The number of hydrogen-bond donors (Lipinski definition) is 2. The quantitative estimate of drug-likeness (QED) is 0.331. The molecule has 2 N–H and O–H groups in total. The molecule has 0 spiro atoms. The van der Waals surface area contributed by atoms with Crippen molar-refractivity contribution in [2.75, 3.05) is 36.5 Å². The van der Waals surface area contributed by atoms with E-state index in [9.17, 15) is 14.9 Å². The van der Waals surface area contributed by atoms with Crippen LogP contribution in [0.15, 0.2) is 53.9 Å². The normalized spacial score (nSPS) is 13.4. The molecule has 0 unspecified atom stereocenters. The van der Waals surface area contributed by atoms with Crippen LogP contribution in [0.5, 0.6) is 0 Å². The number of nitro groups is 1. The highest BCUT2D eigenvalue weighted by Crippen LogP contribution is 2.27. The van der Waals surface area contributed by atoms with Crippen molar-refractivity contribution in [3.63, 3.8) is 0 Å². The predicted molar refractivity (Wildman–Crippen MR) is 127 cm³/mol. The van der Waals surface area contributed by atoms with Crippen molar-refractivity contribution in [3.05, 3.63) is 69.6 Å². The number of amides is 1. The van der Waals surface area contributed by atoms with Crippen LogP contribution in [-0.2, 0) is 4.74 Å². The number of aromatic nitrogens is 1. The van der Waals surface area contributed by atoms with Gasteiger partial charge in [0.15, 0.2) is 10.2 Å². The van der Waals surface area contributed by atoms with Crippen molar-refractivity contribution in [1.82, 2.24) is 10.3 Å². The zero-order valence-electron chi connectivity index (χ0n) is 16.8. The molecule has 0 atom stereocenters. The van der Waals surface area contributed by atoms with Crippen molar-refractivity contribution < 1.29 is 14.5 Å². The lowest BCUT2D eigenvalue weighted by Crippen LogP contribution is -2.39. The van der Waals surface area contributed by atoms with Crippen molar-refractivity contribution in [1.29, 1.82) is 0 Å². The fourth-order valence-corrected chi connectivity index (χ4v) is 4.25. The second kappa shape index (κ2) is 9.81. The minimum Gasteiger partial charge on any atom is -0.378 e. The van der Waals surface area contributed by atoms with Crippen molar-refractivity contribution in [2.24, 2.45) is 0 Å². The van der Waals surface area contributed by atoms with Crippen molar-refractivity contribution >= 4 is 51.1 Å². The molecule has 164 valence electrons. The summed E-state index contributed by atoms with van der Waals surface area (Å²) in [4.78, 5) is 30.1. The molecule has 1 aliphatic heterocycles. The number of thiazole rings is 1. The van der Waals surface area contributed by atoms with Crippen LogP contribution in [0.25, 0.3) is 11.3 Å². The zero-order chi connectivity index (χ0) is 22.5. The van der Waals surface area contributed by atoms with Gasteiger partial charge in [0.1, 0.15) is 0 Å². The molecule has 1 saturated heterocycles. The van der Waals surface area contributed by atoms with Crippen LogP contribution in [0.2, 0.25) is 0 Å². The number of nitrogens with zero attached hydrogens (tertiary/aromatic N) is 3. The molecule has 4 rings (SSSR count). The molecule has 9 nitrogen and oxygen atoms in total. The zero-order valence-corrected chi connectivity index (χ0v) is 18.4. The van der Waals surface area contributed by atoms with Crippen LogP contribution in [0.3, 0.4) is 0 Å². The van der Waals surface area contributed by atoms with Crippen LogP contribution in [0, 0.1) is 10.1 Å². The number of rotatable bonds is 5. The third-order valence-corrected chi connectivity index (χ3v) is 5.77. The lowest BCUT2D eigenvalue weighted by Gasteiger charge is -2.30. The summed E-state index contributed by atoms with van der Waals surface area (Å²) in [6, 6.07) is 13.9. The molecule has 1 amide bonds. The fourth-order valence-electron chi connectivity index (χ4n) is 3.27. The minimum absolute atomic E-state index is 0.0587. The standard InChI is InChI=1S/C21H19N5O4S2/c27-19(16-12-15(26(28)29)6-7-18(16)25-8-10-30-11-9-25)23-20(31)24-21-22-17(13-32-21)14-4-2-1-3-5-14/h1-7,12-13H,8-11H2,(H2,22,23,24,27,31). The summed E-state index contributed by atoms with van der Waals surface area (Å²) >= 11 is 6.63.